The van der Waals surface area contributed by atoms with Gasteiger partial charge in [-0.05, 0) is 32.7 Å². The monoisotopic (exact) mass is 128 g/mol. The molecular weight excluding hydrogens is 112 g/mol. The molecule has 1 rings (SSSR count). The Hall–Kier alpha value is -0.0800. The van der Waals surface area contributed by atoms with Gasteiger partial charge in [-0.2, -0.15) is 0 Å². The second-order valence-corrected chi connectivity index (χ2v) is 2.92. The van der Waals surface area contributed by atoms with Crippen LogP contribution in [0.3, 0.4) is 0 Å². The molecule has 0 spiro atoms. The quantitative estimate of drug-likeness (QED) is 0.567. The van der Waals surface area contributed by atoms with E-state index in [-0.39, 0.29) is 0 Å². The second-order valence-electron chi connectivity index (χ2n) is 2.92. The average molecular weight is 128 g/mol. The Balaban J connectivity index is 2.14. The number of hydrogen-bond acceptors (Lipinski definition) is 2. The van der Waals surface area contributed by atoms with Crippen molar-refractivity contribution in [1.29, 1.82) is 0 Å². The number of rotatable bonds is 2. The Morgan fingerprint density at radius 3 is 2.78 bits per heavy atom. The topological polar surface area (TPSA) is 38.0 Å². The van der Waals surface area contributed by atoms with Crippen LogP contribution in [0, 0.1) is 0 Å². The van der Waals surface area contributed by atoms with Crippen molar-refractivity contribution in [3.05, 3.63) is 0 Å². The van der Waals surface area contributed by atoms with E-state index in [4.69, 9.17) is 5.73 Å². The summed E-state index contributed by atoms with van der Waals surface area (Å²) in [4.78, 5) is 0. The van der Waals surface area contributed by atoms with Gasteiger partial charge in [0.25, 0.3) is 0 Å². The average Bonchev–Trinajstić information content (AvgIpc) is 2.17. The first-order valence-electron chi connectivity index (χ1n) is 3.79. The smallest absolute Gasteiger partial charge is 0.00821 e. The lowest BCUT2D eigenvalue weighted by Crippen LogP contribution is -2.28. The van der Waals surface area contributed by atoms with Crippen molar-refractivity contribution in [2.45, 2.75) is 38.3 Å². The molecule has 1 aliphatic heterocycles. The Kier molecular flexibility index (Phi) is 2.49. The lowest BCUT2D eigenvalue weighted by atomic mass is 10.1. The summed E-state index contributed by atoms with van der Waals surface area (Å²) in [5.41, 5.74) is 5.41. The van der Waals surface area contributed by atoms with Crippen LogP contribution in [0.4, 0.5) is 0 Å². The first-order chi connectivity index (χ1) is 4.33. The Morgan fingerprint density at radius 1 is 1.56 bits per heavy atom. The standard InChI is InChI=1S/C7H16N2/c1-6-2-3-7(9-6)4-5-8/h6-7,9H,2-5,8H2,1H3/t6-,7+/m1/s1. The molecule has 9 heavy (non-hydrogen) atoms. The molecular formula is C7H16N2. The summed E-state index contributed by atoms with van der Waals surface area (Å²) >= 11 is 0. The Labute approximate surface area is 56.8 Å². The van der Waals surface area contributed by atoms with Crippen molar-refractivity contribution in [2.24, 2.45) is 5.73 Å². The molecule has 1 aliphatic rings. The Bertz CT molecular complexity index is 81.0. The lowest BCUT2D eigenvalue weighted by molar-refractivity contribution is 0.533. The van der Waals surface area contributed by atoms with Crippen LogP contribution >= 0.6 is 0 Å². The highest BCUT2D eigenvalue weighted by Crippen LogP contribution is 2.13. The van der Waals surface area contributed by atoms with Crippen LogP contribution in [-0.4, -0.2) is 18.6 Å². The SMILES string of the molecule is C[C@@H]1CC[C@@H](CCN)N1. The normalized spacial score (nSPS) is 35.3. The lowest BCUT2D eigenvalue weighted by Gasteiger charge is -2.08. The number of nitrogens with two attached hydrogens (primary N) is 1. The molecule has 1 heterocycles. The largest absolute Gasteiger partial charge is 0.330 e. The minimum Gasteiger partial charge on any atom is -0.330 e. The summed E-state index contributed by atoms with van der Waals surface area (Å²) in [6.07, 6.45) is 3.79. The van der Waals surface area contributed by atoms with E-state index in [9.17, 15) is 0 Å². The molecule has 0 aromatic heterocycles. The van der Waals surface area contributed by atoms with Crippen LogP contribution in [0.1, 0.15) is 26.2 Å². The molecule has 0 aliphatic carbocycles. The molecule has 0 aromatic carbocycles. The van der Waals surface area contributed by atoms with Crippen LogP contribution in [0.15, 0.2) is 0 Å². The molecule has 0 bridgehead atoms. The summed E-state index contributed by atoms with van der Waals surface area (Å²) in [7, 11) is 0. The van der Waals surface area contributed by atoms with Gasteiger partial charge in [-0.1, -0.05) is 0 Å². The second kappa shape index (κ2) is 3.18. The van der Waals surface area contributed by atoms with Crippen LogP contribution < -0.4 is 11.1 Å². The first kappa shape index (κ1) is 7.03. The van der Waals surface area contributed by atoms with Crippen LogP contribution in [0.2, 0.25) is 0 Å². The highest BCUT2D eigenvalue weighted by molar-refractivity contribution is 4.80. The van der Waals surface area contributed by atoms with Gasteiger partial charge in [-0.15, -0.1) is 0 Å². The predicted molar refractivity (Wildman–Crippen MR) is 39.3 cm³/mol. The van der Waals surface area contributed by atoms with Crippen LogP contribution in [-0.2, 0) is 0 Å². The molecule has 2 nitrogen and oxygen atoms in total. The third-order valence-corrected chi connectivity index (χ3v) is 1.98. The summed E-state index contributed by atoms with van der Waals surface area (Å²) in [5, 5.41) is 3.47. The summed E-state index contributed by atoms with van der Waals surface area (Å²) in [6.45, 7) is 3.06. The van der Waals surface area contributed by atoms with Crippen LogP contribution in [0.25, 0.3) is 0 Å². The highest BCUT2D eigenvalue weighted by atomic mass is 15.0. The van der Waals surface area contributed by atoms with E-state index in [0.29, 0.717) is 6.04 Å². The molecule has 54 valence electrons. The van der Waals surface area contributed by atoms with E-state index in [0.717, 1.165) is 19.0 Å². The molecule has 1 saturated heterocycles. The van der Waals surface area contributed by atoms with E-state index in [1.807, 2.05) is 0 Å². The molecule has 1 fully saturated rings. The zero-order valence-corrected chi connectivity index (χ0v) is 6.06. The van der Waals surface area contributed by atoms with E-state index in [2.05, 4.69) is 12.2 Å². The molecule has 0 saturated carbocycles. The highest BCUT2D eigenvalue weighted by Gasteiger charge is 2.18. The van der Waals surface area contributed by atoms with Crippen molar-refractivity contribution in [2.75, 3.05) is 6.54 Å². The minimum absolute atomic E-state index is 0.713. The van der Waals surface area contributed by atoms with Gasteiger partial charge >= 0.3 is 0 Å². The van der Waals surface area contributed by atoms with Gasteiger partial charge in [0.05, 0.1) is 0 Å². The zero-order valence-electron chi connectivity index (χ0n) is 6.06. The van der Waals surface area contributed by atoms with Gasteiger partial charge in [0.15, 0.2) is 0 Å². The van der Waals surface area contributed by atoms with Gasteiger partial charge in [0.2, 0.25) is 0 Å². The van der Waals surface area contributed by atoms with Gasteiger partial charge < -0.3 is 11.1 Å². The van der Waals surface area contributed by atoms with Crippen LogP contribution in [0.5, 0.6) is 0 Å². The molecule has 0 aromatic rings. The van der Waals surface area contributed by atoms with Gasteiger partial charge in [-0.25, -0.2) is 0 Å². The number of hydrogen-bond donors (Lipinski definition) is 2. The maximum atomic E-state index is 5.41. The fraction of sp³-hybridized carbons (Fsp3) is 1.00. The minimum atomic E-state index is 0.713. The number of nitrogens with one attached hydrogen (secondary N) is 1. The van der Waals surface area contributed by atoms with Crippen molar-refractivity contribution < 1.29 is 0 Å². The fourth-order valence-corrected chi connectivity index (χ4v) is 1.45. The summed E-state index contributed by atoms with van der Waals surface area (Å²) in [6, 6.07) is 1.44. The van der Waals surface area contributed by atoms with Crippen molar-refractivity contribution >= 4 is 0 Å². The molecule has 0 unspecified atom stereocenters. The third-order valence-electron chi connectivity index (χ3n) is 1.98. The van der Waals surface area contributed by atoms with Gasteiger partial charge in [0.1, 0.15) is 0 Å². The van der Waals surface area contributed by atoms with E-state index in [1.165, 1.54) is 12.8 Å². The summed E-state index contributed by atoms with van der Waals surface area (Å²) in [5.74, 6) is 0. The van der Waals surface area contributed by atoms with Crippen molar-refractivity contribution in [3.8, 4) is 0 Å². The fourth-order valence-electron chi connectivity index (χ4n) is 1.45. The van der Waals surface area contributed by atoms with Crippen molar-refractivity contribution in [1.82, 2.24) is 5.32 Å². The molecule has 3 N–H and O–H groups in total. The van der Waals surface area contributed by atoms with Crippen molar-refractivity contribution in [3.63, 3.8) is 0 Å². The van der Waals surface area contributed by atoms with E-state index < -0.39 is 0 Å². The molecule has 2 heteroatoms. The molecule has 0 amide bonds. The third kappa shape index (κ3) is 1.95. The van der Waals surface area contributed by atoms with E-state index in [1.54, 1.807) is 0 Å². The van der Waals surface area contributed by atoms with E-state index >= 15 is 0 Å². The Morgan fingerprint density at radius 2 is 2.33 bits per heavy atom. The maximum absolute atomic E-state index is 5.41. The molecule has 0 radical (unpaired) electrons. The van der Waals surface area contributed by atoms with Gasteiger partial charge in [-0.3, -0.25) is 0 Å². The molecule has 2 atom stereocenters. The predicted octanol–water partition coefficient (Wildman–Crippen LogP) is 0.476. The summed E-state index contributed by atoms with van der Waals surface area (Å²) < 4.78 is 0. The first-order valence-corrected chi connectivity index (χ1v) is 3.79. The van der Waals surface area contributed by atoms with Gasteiger partial charge in [0, 0.05) is 12.1 Å². The maximum Gasteiger partial charge on any atom is 0.00821 e. The zero-order chi connectivity index (χ0) is 6.69.